The SMILES string of the molecule is O=C1COc2ccc(C(=O)N3CCN(c4ccccn4)CC3)cc2N1. The zero-order chi connectivity index (χ0) is 17.2. The molecule has 0 unspecified atom stereocenters. The second-order valence-corrected chi connectivity index (χ2v) is 6.01. The van der Waals surface area contributed by atoms with Gasteiger partial charge in [0.05, 0.1) is 5.69 Å². The van der Waals surface area contributed by atoms with E-state index >= 15 is 0 Å². The number of carbonyl (C=O) groups excluding carboxylic acids is 2. The summed E-state index contributed by atoms with van der Waals surface area (Å²) in [6.07, 6.45) is 1.77. The third-order valence-electron chi connectivity index (χ3n) is 4.40. The van der Waals surface area contributed by atoms with Crippen LogP contribution in [0, 0.1) is 0 Å². The minimum Gasteiger partial charge on any atom is -0.482 e. The molecule has 0 atom stereocenters. The Hall–Kier alpha value is -3.09. The van der Waals surface area contributed by atoms with E-state index in [2.05, 4.69) is 15.2 Å². The molecule has 1 N–H and O–H groups in total. The summed E-state index contributed by atoms with van der Waals surface area (Å²) in [5, 5.41) is 2.74. The van der Waals surface area contributed by atoms with Crippen molar-refractivity contribution in [2.45, 2.75) is 0 Å². The minimum absolute atomic E-state index is 0.00970. The summed E-state index contributed by atoms with van der Waals surface area (Å²) in [5.41, 5.74) is 1.10. The molecule has 2 aliphatic rings. The number of piperazine rings is 1. The number of fused-ring (bicyclic) bond motifs is 1. The molecule has 0 bridgehead atoms. The van der Waals surface area contributed by atoms with Gasteiger partial charge < -0.3 is 19.9 Å². The van der Waals surface area contributed by atoms with Gasteiger partial charge in [-0.3, -0.25) is 9.59 Å². The van der Waals surface area contributed by atoms with Crippen molar-refractivity contribution in [1.82, 2.24) is 9.88 Å². The number of rotatable bonds is 2. The number of amides is 2. The number of nitrogens with one attached hydrogen (secondary N) is 1. The lowest BCUT2D eigenvalue weighted by molar-refractivity contribution is -0.118. The van der Waals surface area contributed by atoms with Crippen molar-refractivity contribution < 1.29 is 14.3 Å². The molecule has 2 aliphatic heterocycles. The number of nitrogens with zero attached hydrogens (tertiary/aromatic N) is 3. The normalized spacial score (nSPS) is 16.7. The van der Waals surface area contributed by atoms with Gasteiger partial charge in [-0.25, -0.2) is 4.98 Å². The van der Waals surface area contributed by atoms with Crippen molar-refractivity contribution in [3.63, 3.8) is 0 Å². The fourth-order valence-corrected chi connectivity index (χ4v) is 3.08. The van der Waals surface area contributed by atoms with Crippen molar-refractivity contribution in [1.29, 1.82) is 0 Å². The molecule has 2 aromatic rings. The van der Waals surface area contributed by atoms with Crippen LogP contribution in [-0.4, -0.2) is 54.5 Å². The molecule has 0 aliphatic carbocycles. The largest absolute Gasteiger partial charge is 0.482 e. The van der Waals surface area contributed by atoms with Crippen molar-refractivity contribution in [3.05, 3.63) is 48.2 Å². The van der Waals surface area contributed by atoms with Gasteiger partial charge in [0.15, 0.2) is 6.61 Å². The molecule has 0 spiro atoms. The topological polar surface area (TPSA) is 74.8 Å². The third-order valence-corrected chi connectivity index (χ3v) is 4.40. The quantitative estimate of drug-likeness (QED) is 0.895. The maximum Gasteiger partial charge on any atom is 0.262 e. The molecule has 1 aromatic heterocycles. The number of pyridine rings is 1. The van der Waals surface area contributed by atoms with Crippen molar-refractivity contribution in [2.75, 3.05) is 43.0 Å². The lowest BCUT2D eigenvalue weighted by Gasteiger charge is -2.35. The second kappa shape index (κ2) is 6.43. The maximum atomic E-state index is 12.7. The molecule has 1 saturated heterocycles. The lowest BCUT2D eigenvalue weighted by atomic mass is 10.1. The first-order valence-electron chi connectivity index (χ1n) is 8.23. The summed E-state index contributed by atoms with van der Waals surface area (Å²) in [5.74, 6) is 1.28. The molecule has 25 heavy (non-hydrogen) atoms. The van der Waals surface area contributed by atoms with Crippen LogP contribution < -0.4 is 15.0 Å². The zero-order valence-corrected chi connectivity index (χ0v) is 13.6. The highest BCUT2D eigenvalue weighted by Gasteiger charge is 2.24. The Morgan fingerprint density at radius 1 is 1.12 bits per heavy atom. The molecular weight excluding hydrogens is 320 g/mol. The van der Waals surface area contributed by atoms with E-state index in [0.29, 0.717) is 30.1 Å². The van der Waals surface area contributed by atoms with E-state index in [4.69, 9.17) is 4.74 Å². The number of ether oxygens (including phenoxy) is 1. The van der Waals surface area contributed by atoms with Crippen LogP contribution in [0.4, 0.5) is 11.5 Å². The monoisotopic (exact) mass is 338 g/mol. The number of hydrogen-bond acceptors (Lipinski definition) is 5. The summed E-state index contributed by atoms with van der Waals surface area (Å²) in [4.78, 5) is 32.5. The Morgan fingerprint density at radius 3 is 2.72 bits per heavy atom. The first-order valence-corrected chi connectivity index (χ1v) is 8.23. The molecule has 7 nitrogen and oxygen atoms in total. The van der Waals surface area contributed by atoms with Crippen LogP contribution in [0.2, 0.25) is 0 Å². The van der Waals surface area contributed by atoms with Crippen molar-refractivity contribution >= 4 is 23.3 Å². The Labute approximate surface area is 145 Å². The van der Waals surface area contributed by atoms with Gasteiger partial charge in [0.2, 0.25) is 0 Å². The van der Waals surface area contributed by atoms with Crippen LogP contribution in [0.25, 0.3) is 0 Å². The minimum atomic E-state index is -0.207. The van der Waals surface area contributed by atoms with E-state index in [1.165, 1.54) is 0 Å². The third kappa shape index (κ3) is 3.13. The van der Waals surface area contributed by atoms with Gasteiger partial charge in [-0.15, -0.1) is 0 Å². The second-order valence-electron chi connectivity index (χ2n) is 6.01. The van der Waals surface area contributed by atoms with E-state index in [-0.39, 0.29) is 18.4 Å². The summed E-state index contributed by atoms with van der Waals surface area (Å²) in [6.45, 7) is 2.77. The number of anilines is 2. The van der Waals surface area contributed by atoms with Crippen LogP contribution in [0.15, 0.2) is 42.6 Å². The summed E-state index contributed by atoms with van der Waals surface area (Å²) >= 11 is 0. The Bertz CT molecular complexity index is 801. The van der Waals surface area contributed by atoms with Gasteiger partial charge in [-0.2, -0.15) is 0 Å². The van der Waals surface area contributed by atoms with Gasteiger partial charge in [-0.1, -0.05) is 6.07 Å². The maximum absolute atomic E-state index is 12.7. The molecule has 0 saturated carbocycles. The summed E-state index contributed by atoms with van der Waals surface area (Å²) in [7, 11) is 0. The Balaban J connectivity index is 1.44. The number of hydrogen-bond donors (Lipinski definition) is 1. The van der Waals surface area contributed by atoms with Crippen LogP contribution >= 0.6 is 0 Å². The van der Waals surface area contributed by atoms with Gasteiger partial charge in [0, 0.05) is 37.9 Å². The predicted octanol–water partition coefficient (Wildman–Crippen LogP) is 1.37. The van der Waals surface area contributed by atoms with E-state index in [0.717, 1.165) is 18.9 Å². The highest BCUT2D eigenvalue weighted by molar-refractivity contribution is 5.99. The van der Waals surface area contributed by atoms with Crippen molar-refractivity contribution in [3.8, 4) is 5.75 Å². The van der Waals surface area contributed by atoms with E-state index in [1.807, 2.05) is 23.1 Å². The Morgan fingerprint density at radius 2 is 1.96 bits per heavy atom. The van der Waals surface area contributed by atoms with E-state index in [1.54, 1.807) is 24.4 Å². The first kappa shape index (κ1) is 15.4. The smallest absolute Gasteiger partial charge is 0.262 e. The molecule has 2 amide bonds. The molecule has 128 valence electrons. The Kier molecular flexibility index (Phi) is 3.97. The zero-order valence-electron chi connectivity index (χ0n) is 13.6. The lowest BCUT2D eigenvalue weighted by Crippen LogP contribution is -2.49. The first-order chi connectivity index (χ1) is 12.2. The van der Waals surface area contributed by atoms with Gasteiger partial charge in [0.1, 0.15) is 11.6 Å². The molecule has 0 radical (unpaired) electrons. The van der Waals surface area contributed by atoms with Crippen LogP contribution in [-0.2, 0) is 4.79 Å². The van der Waals surface area contributed by atoms with E-state index < -0.39 is 0 Å². The van der Waals surface area contributed by atoms with Crippen molar-refractivity contribution in [2.24, 2.45) is 0 Å². The highest BCUT2D eigenvalue weighted by atomic mass is 16.5. The molecule has 7 heteroatoms. The standard InChI is InChI=1S/C18H18N4O3/c23-17-12-25-15-5-4-13(11-14(15)20-17)18(24)22-9-7-21(8-10-22)16-3-1-2-6-19-16/h1-6,11H,7-10,12H2,(H,20,23). The highest BCUT2D eigenvalue weighted by Crippen LogP contribution is 2.29. The van der Waals surface area contributed by atoms with Crippen LogP contribution in [0.3, 0.4) is 0 Å². The number of benzene rings is 1. The fraction of sp³-hybridized carbons (Fsp3) is 0.278. The van der Waals surface area contributed by atoms with E-state index in [9.17, 15) is 9.59 Å². The average Bonchev–Trinajstić information content (AvgIpc) is 2.67. The van der Waals surface area contributed by atoms with Gasteiger partial charge in [-0.05, 0) is 30.3 Å². The molecule has 3 heterocycles. The number of carbonyl (C=O) groups is 2. The molecule has 1 aromatic carbocycles. The molecular formula is C18H18N4O3. The molecule has 1 fully saturated rings. The summed E-state index contributed by atoms with van der Waals surface area (Å²) < 4.78 is 5.33. The van der Waals surface area contributed by atoms with Gasteiger partial charge >= 0.3 is 0 Å². The molecule has 4 rings (SSSR count). The summed E-state index contributed by atoms with van der Waals surface area (Å²) in [6, 6.07) is 11.0. The average molecular weight is 338 g/mol. The van der Waals surface area contributed by atoms with Crippen LogP contribution in [0.1, 0.15) is 10.4 Å². The predicted molar refractivity (Wildman–Crippen MR) is 92.9 cm³/mol. The van der Waals surface area contributed by atoms with Crippen LogP contribution in [0.5, 0.6) is 5.75 Å². The number of aromatic nitrogens is 1. The van der Waals surface area contributed by atoms with Gasteiger partial charge in [0.25, 0.3) is 11.8 Å². The fourth-order valence-electron chi connectivity index (χ4n) is 3.08.